The lowest BCUT2D eigenvalue weighted by atomic mass is 10.3. The van der Waals surface area contributed by atoms with Crippen molar-refractivity contribution in [2.24, 2.45) is 0 Å². The second kappa shape index (κ2) is 10.5. The van der Waals surface area contributed by atoms with Crippen LogP contribution in [0.5, 0.6) is 0 Å². The van der Waals surface area contributed by atoms with E-state index in [0.29, 0.717) is 23.0 Å². The van der Waals surface area contributed by atoms with Gasteiger partial charge in [0.05, 0.1) is 18.6 Å². The summed E-state index contributed by atoms with van der Waals surface area (Å²) in [7, 11) is 0. The van der Waals surface area contributed by atoms with E-state index < -0.39 is 0 Å². The minimum absolute atomic E-state index is 0.0529. The predicted octanol–water partition coefficient (Wildman–Crippen LogP) is 3.06. The summed E-state index contributed by atoms with van der Waals surface area (Å²) < 4.78 is 11.7. The van der Waals surface area contributed by atoms with Crippen molar-refractivity contribution >= 4 is 68.4 Å². The monoisotopic (exact) mass is 452 g/mol. The molecule has 0 bridgehead atoms. The van der Waals surface area contributed by atoms with Crippen molar-refractivity contribution in [3.05, 3.63) is 0 Å². The summed E-state index contributed by atoms with van der Waals surface area (Å²) in [6.45, 7) is 1.33. The maximum atomic E-state index is 6.03. The average molecular weight is 453 g/mol. The van der Waals surface area contributed by atoms with E-state index >= 15 is 0 Å². The Bertz CT molecular complexity index is 119. The zero-order valence-corrected chi connectivity index (χ0v) is 12.8. The molecule has 0 N–H and O–H groups in total. The minimum Gasteiger partial charge on any atom is -0.354 e. The quantitative estimate of drug-likeness (QED) is 0.244. The van der Waals surface area contributed by atoms with E-state index in [-0.39, 0.29) is 12.2 Å². The van der Waals surface area contributed by atoms with E-state index in [9.17, 15) is 0 Å². The van der Waals surface area contributed by atoms with Crippen LogP contribution in [0.25, 0.3) is 0 Å². The minimum atomic E-state index is 0.0529. The summed E-state index contributed by atoms with van der Waals surface area (Å²) in [6, 6.07) is 0. The highest BCUT2D eigenvalue weighted by atomic mass is 127. The first-order valence-electron chi connectivity index (χ1n) is 3.78. The highest BCUT2D eigenvalue weighted by Gasteiger charge is 2.14. The van der Waals surface area contributed by atoms with Gasteiger partial charge in [-0.05, 0) is 0 Å². The average Bonchev–Trinajstić information content (AvgIpc) is 2.16. The molecular formula is C7H12Cl2I2O2. The first kappa shape index (κ1) is 15.0. The van der Waals surface area contributed by atoms with E-state index in [1.807, 2.05) is 0 Å². The molecule has 0 amide bonds. The second-order valence-electron chi connectivity index (χ2n) is 2.27. The molecule has 0 aliphatic rings. The molecule has 0 radical (unpaired) electrons. The highest BCUT2D eigenvalue weighted by molar-refractivity contribution is 14.1. The Morgan fingerprint density at radius 2 is 2.00 bits per heavy atom. The molecule has 0 rings (SSSR count). The maximum Gasteiger partial charge on any atom is 0.146 e. The fourth-order valence-corrected chi connectivity index (χ4v) is 1.94. The number of rotatable bonds is 8. The molecule has 0 fully saturated rings. The lowest BCUT2D eigenvalue weighted by Gasteiger charge is -2.13. The van der Waals surface area contributed by atoms with Crippen molar-refractivity contribution in [3.8, 4) is 0 Å². The van der Waals surface area contributed by atoms with E-state index in [1.165, 1.54) is 0 Å². The van der Waals surface area contributed by atoms with Gasteiger partial charge in [0.15, 0.2) is 0 Å². The van der Waals surface area contributed by atoms with Crippen LogP contribution in [0.1, 0.15) is 0 Å². The van der Waals surface area contributed by atoms with Crippen LogP contribution in [-0.2, 0) is 9.47 Å². The molecular weight excluding hydrogens is 441 g/mol. The third kappa shape index (κ3) is 8.92. The Balaban J connectivity index is 3.21. The van der Waals surface area contributed by atoms with Crippen LogP contribution in [0.4, 0.5) is 0 Å². The summed E-state index contributed by atoms with van der Waals surface area (Å²) >= 11 is 16.1. The SMILES string of the molecule is ClCCOCOCC(Cl)C(I)CI. The number of halogens is 4. The van der Waals surface area contributed by atoms with Crippen LogP contribution in [-0.4, -0.2) is 39.6 Å². The van der Waals surface area contributed by atoms with Gasteiger partial charge in [0, 0.05) is 14.2 Å². The standard InChI is InChI=1S/C7H12Cl2I2O2/c8-1-2-12-5-13-4-6(9)7(11)3-10/h6-7H,1-5H2. The molecule has 0 aliphatic heterocycles. The largest absolute Gasteiger partial charge is 0.354 e. The summed E-state index contributed by atoms with van der Waals surface area (Å²) in [6.07, 6.45) is 0. The fraction of sp³-hybridized carbons (Fsp3) is 1.00. The van der Waals surface area contributed by atoms with Crippen molar-refractivity contribution in [1.82, 2.24) is 0 Å². The van der Waals surface area contributed by atoms with Crippen molar-refractivity contribution in [2.75, 3.05) is 30.3 Å². The van der Waals surface area contributed by atoms with Crippen molar-refractivity contribution in [3.63, 3.8) is 0 Å². The van der Waals surface area contributed by atoms with Gasteiger partial charge in [0.1, 0.15) is 6.79 Å². The van der Waals surface area contributed by atoms with E-state index in [0.717, 1.165) is 4.43 Å². The zero-order chi connectivity index (χ0) is 10.1. The smallest absolute Gasteiger partial charge is 0.146 e. The summed E-state index contributed by atoms with van der Waals surface area (Å²) in [4.78, 5) is 0. The van der Waals surface area contributed by atoms with E-state index in [1.54, 1.807) is 0 Å². The van der Waals surface area contributed by atoms with Crippen LogP contribution in [0.15, 0.2) is 0 Å². The molecule has 0 aliphatic carbocycles. The van der Waals surface area contributed by atoms with E-state index in [2.05, 4.69) is 45.2 Å². The molecule has 0 aromatic carbocycles. The predicted molar refractivity (Wildman–Crippen MR) is 73.8 cm³/mol. The van der Waals surface area contributed by atoms with Crippen LogP contribution in [0.2, 0.25) is 0 Å². The topological polar surface area (TPSA) is 18.5 Å². The Labute approximate surface area is 116 Å². The molecule has 2 unspecified atom stereocenters. The molecule has 13 heavy (non-hydrogen) atoms. The van der Waals surface area contributed by atoms with Gasteiger partial charge in [-0.1, -0.05) is 45.2 Å². The van der Waals surface area contributed by atoms with Crippen molar-refractivity contribution in [2.45, 2.75) is 9.30 Å². The van der Waals surface area contributed by atoms with Gasteiger partial charge in [-0.3, -0.25) is 0 Å². The third-order valence-corrected chi connectivity index (χ3v) is 6.16. The Morgan fingerprint density at radius 1 is 1.31 bits per heavy atom. The van der Waals surface area contributed by atoms with Gasteiger partial charge in [-0.15, -0.1) is 23.2 Å². The lowest BCUT2D eigenvalue weighted by molar-refractivity contribution is -0.0479. The molecule has 2 atom stereocenters. The summed E-state index contributed by atoms with van der Waals surface area (Å²) in [5.74, 6) is 0.496. The number of hydrogen-bond acceptors (Lipinski definition) is 2. The molecule has 0 saturated carbocycles. The van der Waals surface area contributed by atoms with Crippen molar-refractivity contribution < 1.29 is 9.47 Å². The Kier molecular flexibility index (Phi) is 12.1. The number of alkyl halides is 4. The zero-order valence-electron chi connectivity index (χ0n) is 7.02. The van der Waals surface area contributed by atoms with Crippen LogP contribution >= 0.6 is 68.4 Å². The van der Waals surface area contributed by atoms with Crippen molar-refractivity contribution in [1.29, 1.82) is 0 Å². The molecule has 0 aromatic heterocycles. The van der Waals surface area contributed by atoms with Gasteiger partial charge < -0.3 is 9.47 Å². The van der Waals surface area contributed by atoms with Gasteiger partial charge in [0.25, 0.3) is 0 Å². The maximum absolute atomic E-state index is 6.03. The van der Waals surface area contributed by atoms with Gasteiger partial charge in [-0.25, -0.2) is 0 Å². The second-order valence-corrected chi connectivity index (χ2v) is 5.69. The number of ether oxygens (including phenoxy) is 2. The molecule has 0 saturated heterocycles. The van der Waals surface area contributed by atoms with Gasteiger partial charge in [0.2, 0.25) is 0 Å². The highest BCUT2D eigenvalue weighted by Crippen LogP contribution is 2.15. The van der Waals surface area contributed by atoms with Crippen LogP contribution in [0.3, 0.4) is 0 Å². The molecule has 0 spiro atoms. The third-order valence-electron chi connectivity index (χ3n) is 1.21. The van der Waals surface area contributed by atoms with Crippen LogP contribution < -0.4 is 0 Å². The molecule has 80 valence electrons. The first-order valence-corrected chi connectivity index (χ1v) is 7.52. The molecule has 0 aromatic rings. The summed E-state index contributed by atoms with van der Waals surface area (Å²) in [5.41, 5.74) is 0. The fourth-order valence-electron chi connectivity index (χ4n) is 0.534. The molecule has 6 heteroatoms. The number of hydrogen-bond donors (Lipinski definition) is 0. The van der Waals surface area contributed by atoms with Gasteiger partial charge in [-0.2, -0.15) is 0 Å². The molecule has 2 nitrogen and oxygen atoms in total. The summed E-state index contributed by atoms with van der Waals surface area (Å²) in [5, 5.41) is 0.0529. The normalized spacial score (nSPS) is 15.7. The van der Waals surface area contributed by atoms with Gasteiger partial charge >= 0.3 is 0 Å². The van der Waals surface area contributed by atoms with E-state index in [4.69, 9.17) is 32.7 Å². The Hall–Kier alpha value is 1.96. The first-order chi connectivity index (χ1) is 6.22. The Morgan fingerprint density at radius 3 is 2.54 bits per heavy atom. The van der Waals surface area contributed by atoms with Crippen LogP contribution in [0, 0.1) is 0 Å². The lowest BCUT2D eigenvalue weighted by Crippen LogP contribution is -2.22. The molecule has 0 heterocycles.